The molecule has 4 nitrogen and oxygen atoms in total. The van der Waals surface area contributed by atoms with Crippen molar-refractivity contribution in [1.29, 1.82) is 0 Å². The molecule has 0 radical (unpaired) electrons. The molecule has 1 heterocycles. The molecule has 116 valence electrons. The third-order valence-electron chi connectivity index (χ3n) is 2.87. The van der Waals surface area contributed by atoms with Crippen molar-refractivity contribution in [3.05, 3.63) is 53.9 Å². The first kappa shape index (κ1) is 15.8. The molecule has 1 aromatic carbocycles. The summed E-state index contributed by atoms with van der Waals surface area (Å²) in [6.07, 6.45) is -3.25. The second-order valence-corrected chi connectivity index (χ2v) is 4.50. The van der Waals surface area contributed by atoms with Crippen LogP contribution < -0.4 is 5.32 Å². The second-order valence-electron chi connectivity index (χ2n) is 4.50. The first-order valence-corrected chi connectivity index (χ1v) is 6.34. The Labute approximate surface area is 124 Å². The largest absolute Gasteiger partial charge is 0.469 e. The number of hydrogen-bond acceptors (Lipinski definition) is 4. The molecule has 0 saturated heterocycles. The van der Waals surface area contributed by atoms with Crippen molar-refractivity contribution in [2.75, 3.05) is 12.4 Å². The van der Waals surface area contributed by atoms with Crippen LogP contribution in [0.5, 0.6) is 0 Å². The summed E-state index contributed by atoms with van der Waals surface area (Å²) in [5.74, 6) is -0.357. The quantitative estimate of drug-likeness (QED) is 0.877. The van der Waals surface area contributed by atoms with Gasteiger partial charge in [-0.05, 0) is 29.8 Å². The van der Waals surface area contributed by atoms with Crippen LogP contribution >= 0.6 is 0 Å². The van der Waals surface area contributed by atoms with E-state index in [-0.39, 0.29) is 18.1 Å². The summed E-state index contributed by atoms with van der Waals surface area (Å²) in [7, 11) is 1.31. The van der Waals surface area contributed by atoms with E-state index in [4.69, 9.17) is 0 Å². The predicted molar refractivity (Wildman–Crippen MR) is 74.7 cm³/mol. The van der Waals surface area contributed by atoms with E-state index in [1.54, 1.807) is 24.3 Å². The maximum atomic E-state index is 12.6. The third kappa shape index (κ3) is 4.21. The van der Waals surface area contributed by atoms with Crippen molar-refractivity contribution < 1.29 is 22.7 Å². The second kappa shape index (κ2) is 6.46. The van der Waals surface area contributed by atoms with Crippen LogP contribution in [0.2, 0.25) is 0 Å². The number of benzene rings is 1. The molecule has 1 N–H and O–H groups in total. The number of carbonyl (C=O) groups excluding carboxylic acids is 1. The Hall–Kier alpha value is -2.57. The fraction of sp³-hybridized carbons (Fsp3) is 0.200. The van der Waals surface area contributed by atoms with Crippen molar-refractivity contribution >= 4 is 17.3 Å². The molecule has 0 aliphatic carbocycles. The van der Waals surface area contributed by atoms with Crippen LogP contribution in [-0.2, 0) is 22.1 Å². The number of methoxy groups -OCH3 is 1. The summed E-state index contributed by atoms with van der Waals surface area (Å²) in [4.78, 5) is 14.4. The van der Waals surface area contributed by atoms with Crippen LogP contribution in [0.15, 0.2) is 42.6 Å². The van der Waals surface area contributed by atoms with Gasteiger partial charge < -0.3 is 10.1 Å². The molecule has 0 aliphatic heterocycles. The fourth-order valence-corrected chi connectivity index (χ4v) is 1.77. The molecular formula is C15H13F3N2O2. The number of ether oxygens (including phenoxy) is 1. The Morgan fingerprint density at radius 2 is 1.86 bits per heavy atom. The van der Waals surface area contributed by atoms with Crippen LogP contribution in [0.1, 0.15) is 11.3 Å². The fourth-order valence-electron chi connectivity index (χ4n) is 1.77. The maximum absolute atomic E-state index is 12.6. The first-order valence-electron chi connectivity index (χ1n) is 6.34. The average molecular weight is 310 g/mol. The summed E-state index contributed by atoms with van der Waals surface area (Å²) >= 11 is 0. The van der Waals surface area contributed by atoms with Crippen LogP contribution in [0.3, 0.4) is 0 Å². The van der Waals surface area contributed by atoms with Gasteiger partial charge in [0, 0.05) is 17.6 Å². The van der Waals surface area contributed by atoms with Gasteiger partial charge in [-0.25, -0.2) is 0 Å². The number of aromatic nitrogens is 1. The van der Waals surface area contributed by atoms with Crippen molar-refractivity contribution in [3.8, 4) is 0 Å². The van der Waals surface area contributed by atoms with E-state index >= 15 is 0 Å². The Morgan fingerprint density at radius 3 is 2.45 bits per heavy atom. The zero-order valence-corrected chi connectivity index (χ0v) is 11.6. The summed E-state index contributed by atoms with van der Waals surface area (Å²) in [6, 6.07) is 9.12. The van der Waals surface area contributed by atoms with Crippen molar-refractivity contribution in [3.63, 3.8) is 0 Å². The Kier molecular flexibility index (Phi) is 4.65. The van der Waals surface area contributed by atoms with E-state index < -0.39 is 11.9 Å². The molecule has 2 rings (SSSR count). The molecule has 0 spiro atoms. The minimum atomic E-state index is -4.48. The number of rotatable bonds is 4. The average Bonchev–Trinajstić information content (AvgIpc) is 2.48. The summed E-state index contributed by atoms with van der Waals surface area (Å²) in [5, 5.41) is 2.85. The first-order chi connectivity index (χ1) is 10.4. The molecule has 0 atom stereocenters. The Balaban J connectivity index is 2.09. The highest BCUT2D eigenvalue weighted by molar-refractivity contribution is 5.72. The van der Waals surface area contributed by atoms with Gasteiger partial charge in [0.25, 0.3) is 0 Å². The van der Waals surface area contributed by atoms with E-state index in [0.717, 1.165) is 17.8 Å². The van der Waals surface area contributed by atoms with Crippen LogP contribution in [-0.4, -0.2) is 18.1 Å². The summed E-state index contributed by atoms with van der Waals surface area (Å²) in [5.41, 5.74) is 0.680. The smallest absolute Gasteiger partial charge is 0.433 e. The standard InChI is InChI=1S/C15H13F3N2O2/c1-22-14(21)8-10-2-4-11(5-3-10)20-12-6-7-19-13(9-12)15(16,17)18/h2-7,9H,8H2,1H3,(H,19,20). The molecular weight excluding hydrogens is 297 g/mol. The van der Waals surface area contributed by atoms with Crippen molar-refractivity contribution in [2.45, 2.75) is 12.6 Å². The minimum absolute atomic E-state index is 0.143. The van der Waals surface area contributed by atoms with Crippen LogP contribution in [0, 0.1) is 0 Å². The number of nitrogens with one attached hydrogen (secondary N) is 1. The van der Waals surface area contributed by atoms with E-state index in [1.807, 2.05) is 0 Å². The SMILES string of the molecule is COC(=O)Cc1ccc(Nc2ccnc(C(F)(F)F)c2)cc1. The van der Waals surface area contributed by atoms with Gasteiger partial charge in [0.15, 0.2) is 0 Å². The van der Waals surface area contributed by atoms with Gasteiger partial charge in [-0.3, -0.25) is 9.78 Å². The number of carbonyl (C=O) groups is 1. The zero-order chi connectivity index (χ0) is 16.2. The van der Waals surface area contributed by atoms with Crippen molar-refractivity contribution in [2.24, 2.45) is 0 Å². The normalized spacial score (nSPS) is 11.1. The number of pyridine rings is 1. The molecule has 0 fully saturated rings. The monoisotopic (exact) mass is 310 g/mol. The van der Waals surface area contributed by atoms with Gasteiger partial charge in [0.1, 0.15) is 5.69 Å². The predicted octanol–water partition coefficient (Wildman–Crippen LogP) is 3.56. The topological polar surface area (TPSA) is 51.2 Å². The van der Waals surface area contributed by atoms with Crippen LogP contribution in [0.25, 0.3) is 0 Å². The lowest BCUT2D eigenvalue weighted by molar-refractivity contribution is -0.141. The molecule has 0 bridgehead atoms. The lowest BCUT2D eigenvalue weighted by Gasteiger charge is -2.10. The number of halogens is 3. The van der Waals surface area contributed by atoms with E-state index in [9.17, 15) is 18.0 Å². The third-order valence-corrected chi connectivity index (χ3v) is 2.87. The highest BCUT2D eigenvalue weighted by atomic mass is 19.4. The van der Waals surface area contributed by atoms with E-state index in [2.05, 4.69) is 15.0 Å². The van der Waals surface area contributed by atoms with Gasteiger partial charge >= 0.3 is 12.1 Å². The van der Waals surface area contributed by atoms with Gasteiger partial charge in [-0.2, -0.15) is 13.2 Å². The van der Waals surface area contributed by atoms with Gasteiger partial charge in [-0.15, -0.1) is 0 Å². The molecule has 0 aliphatic rings. The number of anilines is 2. The highest BCUT2D eigenvalue weighted by Gasteiger charge is 2.32. The molecule has 22 heavy (non-hydrogen) atoms. The molecule has 0 unspecified atom stereocenters. The number of alkyl halides is 3. The Morgan fingerprint density at radius 1 is 1.18 bits per heavy atom. The highest BCUT2D eigenvalue weighted by Crippen LogP contribution is 2.29. The lowest BCUT2D eigenvalue weighted by atomic mass is 10.1. The maximum Gasteiger partial charge on any atom is 0.433 e. The molecule has 0 amide bonds. The molecule has 2 aromatic rings. The van der Waals surface area contributed by atoms with Gasteiger partial charge in [0.2, 0.25) is 0 Å². The summed E-state index contributed by atoms with van der Waals surface area (Å²) in [6.45, 7) is 0. The van der Waals surface area contributed by atoms with E-state index in [0.29, 0.717) is 5.69 Å². The van der Waals surface area contributed by atoms with Gasteiger partial charge in [-0.1, -0.05) is 12.1 Å². The van der Waals surface area contributed by atoms with E-state index in [1.165, 1.54) is 13.2 Å². The van der Waals surface area contributed by atoms with Crippen LogP contribution in [0.4, 0.5) is 24.5 Å². The van der Waals surface area contributed by atoms with Gasteiger partial charge in [0.05, 0.1) is 13.5 Å². The molecule has 7 heteroatoms. The number of esters is 1. The number of hydrogen-bond donors (Lipinski definition) is 1. The molecule has 0 saturated carbocycles. The molecule has 1 aromatic heterocycles. The lowest BCUT2D eigenvalue weighted by Crippen LogP contribution is -2.08. The summed E-state index contributed by atoms with van der Waals surface area (Å²) < 4.78 is 42.3. The minimum Gasteiger partial charge on any atom is -0.469 e. The zero-order valence-electron chi connectivity index (χ0n) is 11.6. The number of nitrogens with zero attached hydrogens (tertiary/aromatic N) is 1. The Bertz CT molecular complexity index is 655. The van der Waals surface area contributed by atoms with Crippen molar-refractivity contribution in [1.82, 2.24) is 4.98 Å².